The van der Waals surface area contributed by atoms with E-state index in [-0.39, 0.29) is 18.3 Å². The Morgan fingerprint density at radius 1 is 1.41 bits per heavy atom. The second-order valence-electron chi connectivity index (χ2n) is 6.25. The number of β-amino-alcohol motifs (C(OH)–C–C–N with tert-alkyl or cyclic N) is 1. The van der Waals surface area contributed by atoms with Gasteiger partial charge in [-0.15, -0.1) is 0 Å². The molecule has 0 amide bonds. The summed E-state index contributed by atoms with van der Waals surface area (Å²) in [5.41, 5.74) is 0.865. The van der Waals surface area contributed by atoms with Crippen LogP contribution in [0.1, 0.15) is 38.3 Å². The standard InChI is InChI=1S/C16H25NO4S/c1-12(2)7-8-22(19,20)17-11-14(18)10-16(17)13-5-4-6-15(9-13)21-3/h4-6,9,12,14,16,18H,7-8,10-11H2,1-3H3. The fraction of sp³-hybridized carbons (Fsp3) is 0.625. The van der Waals surface area contributed by atoms with Crippen molar-refractivity contribution >= 4 is 10.0 Å². The van der Waals surface area contributed by atoms with Crippen molar-refractivity contribution in [3.8, 4) is 5.75 Å². The Morgan fingerprint density at radius 2 is 2.14 bits per heavy atom. The van der Waals surface area contributed by atoms with Gasteiger partial charge in [0.15, 0.2) is 0 Å². The molecular weight excluding hydrogens is 302 g/mol. The van der Waals surface area contributed by atoms with Crippen molar-refractivity contribution in [3.05, 3.63) is 29.8 Å². The topological polar surface area (TPSA) is 66.8 Å². The van der Waals surface area contributed by atoms with Gasteiger partial charge in [0, 0.05) is 6.54 Å². The Labute approximate surface area is 133 Å². The molecule has 2 unspecified atom stereocenters. The zero-order chi connectivity index (χ0) is 16.3. The highest BCUT2D eigenvalue weighted by Gasteiger charge is 2.39. The first-order chi connectivity index (χ1) is 10.3. The number of sulfonamides is 1. The Hall–Kier alpha value is -1.11. The zero-order valence-corrected chi connectivity index (χ0v) is 14.2. The SMILES string of the molecule is COc1cccc(C2CC(O)CN2S(=O)(=O)CCC(C)C)c1. The number of hydrogen-bond acceptors (Lipinski definition) is 4. The van der Waals surface area contributed by atoms with Gasteiger partial charge < -0.3 is 9.84 Å². The number of benzene rings is 1. The minimum Gasteiger partial charge on any atom is -0.497 e. The van der Waals surface area contributed by atoms with E-state index in [0.29, 0.717) is 24.5 Å². The summed E-state index contributed by atoms with van der Waals surface area (Å²) in [7, 11) is -1.79. The summed E-state index contributed by atoms with van der Waals surface area (Å²) in [6.45, 7) is 4.18. The van der Waals surface area contributed by atoms with Crippen LogP contribution < -0.4 is 4.74 Å². The number of hydrogen-bond donors (Lipinski definition) is 1. The molecule has 1 N–H and O–H groups in total. The minimum atomic E-state index is -3.37. The summed E-state index contributed by atoms with van der Waals surface area (Å²) >= 11 is 0. The van der Waals surface area contributed by atoms with Gasteiger partial charge in [0.1, 0.15) is 5.75 Å². The Bertz CT molecular complexity index is 600. The third kappa shape index (κ3) is 4.00. The third-order valence-corrected chi connectivity index (χ3v) is 5.89. The normalized spacial score (nSPS) is 23.1. The van der Waals surface area contributed by atoms with Crippen LogP contribution in [0.2, 0.25) is 0 Å². The fourth-order valence-electron chi connectivity index (χ4n) is 2.75. The molecule has 0 bridgehead atoms. The van der Waals surface area contributed by atoms with Gasteiger partial charge in [0.25, 0.3) is 0 Å². The van der Waals surface area contributed by atoms with Crippen molar-refractivity contribution < 1.29 is 18.3 Å². The lowest BCUT2D eigenvalue weighted by atomic mass is 10.0. The van der Waals surface area contributed by atoms with Gasteiger partial charge in [-0.1, -0.05) is 26.0 Å². The van der Waals surface area contributed by atoms with Crippen molar-refractivity contribution in [2.24, 2.45) is 5.92 Å². The van der Waals surface area contributed by atoms with Crippen LogP contribution in [0.15, 0.2) is 24.3 Å². The summed E-state index contributed by atoms with van der Waals surface area (Å²) in [6.07, 6.45) is 0.429. The lowest BCUT2D eigenvalue weighted by molar-refractivity contribution is 0.188. The third-order valence-electron chi connectivity index (χ3n) is 4.02. The van der Waals surface area contributed by atoms with Gasteiger partial charge in [0.2, 0.25) is 10.0 Å². The van der Waals surface area contributed by atoms with Crippen LogP contribution in [-0.2, 0) is 10.0 Å². The summed E-state index contributed by atoms with van der Waals surface area (Å²) in [4.78, 5) is 0. The number of aliphatic hydroxyl groups excluding tert-OH is 1. The first-order valence-electron chi connectivity index (χ1n) is 7.65. The predicted octanol–water partition coefficient (Wildman–Crippen LogP) is 2.18. The molecule has 1 saturated heterocycles. The molecule has 0 saturated carbocycles. The molecule has 2 atom stereocenters. The molecule has 124 valence electrons. The van der Waals surface area contributed by atoms with Crippen molar-refractivity contribution in [1.82, 2.24) is 4.31 Å². The highest BCUT2D eigenvalue weighted by Crippen LogP contribution is 2.36. The zero-order valence-electron chi connectivity index (χ0n) is 13.4. The molecule has 0 spiro atoms. The first-order valence-corrected chi connectivity index (χ1v) is 9.26. The van der Waals surface area contributed by atoms with E-state index in [4.69, 9.17) is 4.74 Å². The second-order valence-corrected chi connectivity index (χ2v) is 8.29. The highest BCUT2D eigenvalue weighted by atomic mass is 32.2. The summed E-state index contributed by atoms with van der Waals surface area (Å²) < 4.78 is 31.9. The molecule has 1 aliphatic heterocycles. The molecule has 1 aliphatic rings. The van der Waals surface area contributed by atoms with E-state index in [9.17, 15) is 13.5 Å². The van der Waals surface area contributed by atoms with Crippen molar-refractivity contribution in [3.63, 3.8) is 0 Å². The molecule has 6 heteroatoms. The van der Waals surface area contributed by atoms with Gasteiger partial charge in [-0.25, -0.2) is 8.42 Å². The summed E-state index contributed by atoms with van der Waals surface area (Å²) in [5, 5.41) is 9.96. The van der Waals surface area contributed by atoms with Crippen LogP contribution in [0, 0.1) is 5.92 Å². The Balaban J connectivity index is 2.25. The smallest absolute Gasteiger partial charge is 0.214 e. The summed E-state index contributed by atoms with van der Waals surface area (Å²) in [5.74, 6) is 1.15. The van der Waals surface area contributed by atoms with Crippen LogP contribution in [0.4, 0.5) is 0 Å². The van der Waals surface area contributed by atoms with E-state index in [1.165, 1.54) is 4.31 Å². The van der Waals surface area contributed by atoms with Gasteiger partial charge in [-0.3, -0.25) is 0 Å². The molecule has 1 fully saturated rings. The lowest BCUT2D eigenvalue weighted by Gasteiger charge is -2.24. The number of aliphatic hydroxyl groups is 1. The Morgan fingerprint density at radius 3 is 2.77 bits per heavy atom. The van der Waals surface area contributed by atoms with Gasteiger partial charge >= 0.3 is 0 Å². The highest BCUT2D eigenvalue weighted by molar-refractivity contribution is 7.89. The second kappa shape index (κ2) is 6.98. The van der Waals surface area contributed by atoms with Crippen LogP contribution in [0.25, 0.3) is 0 Å². The maximum absolute atomic E-state index is 12.6. The molecule has 22 heavy (non-hydrogen) atoms. The molecule has 1 aromatic rings. The van der Waals surface area contributed by atoms with E-state index in [1.807, 2.05) is 38.1 Å². The van der Waals surface area contributed by atoms with E-state index in [1.54, 1.807) is 7.11 Å². The molecule has 0 radical (unpaired) electrons. The van der Waals surface area contributed by atoms with Crippen LogP contribution in [0.5, 0.6) is 5.75 Å². The van der Waals surface area contributed by atoms with Crippen LogP contribution in [0.3, 0.4) is 0 Å². The van der Waals surface area contributed by atoms with E-state index >= 15 is 0 Å². The minimum absolute atomic E-state index is 0.123. The molecule has 1 aromatic carbocycles. The summed E-state index contributed by atoms with van der Waals surface area (Å²) in [6, 6.07) is 7.08. The molecule has 2 rings (SSSR count). The van der Waals surface area contributed by atoms with Crippen molar-refractivity contribution in [2.75, 3.05) is 19.4 Å². The predicted molar refractivity (Wildman–Crippen MR) is 86.3 cm³/mol. The number of methoxy groups -OCH3 is 1. The maximum atomic E-state index is 12.6. The lowest BCUT2D eigenvalue weighted by Crippen LogP contribution is -2.34. The molecule has 0 aliphatic carbocycles. The van der Waals surface area contributed by atoms with Crippen LogP contribution >= 0.6 is 0 Å². The van der Waals surface area contributed by atoms with E-state index in [0.717, 1.165) is 5.56 Å². The fourth-order valence-corrected chi connectivity index (χ4v) is 4.74. The van der Waals surface area contributed by atoms with E-state index < -0.39 is 16.1 Å². The largest absolute Gasteiger partial charge is 0.497 e. The monoisotopic (exact) mass is 327 g/mol. The number of rotatable bonds is 6. The molecule has 0 aromatic heterocycles. The number of nitrogens with zero attached hydrogens (tertiary/aromatic N) is 1. The van der Waals surface area contributed by atoms with Gasteiger partial charge in [-0.05, 0) is 36.5 Å². The van der Waals surface area contributed by atoms with E-state index in [2.05, 4.69) is 0 Å². The number of ether oxygens (including phenoxy) is 1. The van der Waals surface area contributed by atoms with Gasteiger partial charge in [0.05, 0.1) is 25.0 Å². The average molecular weight is 327 g/mol. The first kappa shape index (κ1) is 17.2. The maximum Gasteiger partial charge on any atom is 0.214 e. The van der Waals surface area contributed by atoms with Gasteiger partial charge in [-0.2, -0.15) is 4.31 Å². The molecular formula is C16H25NO4S. The van der Waals surface area contributed by atoms with Crippen molar-refractivity contribution in [1.29, 1.82) is 0 Å². The average Bonchev–Trinajstić information content (AvgIpc) is 2.88. The molecule has 1 heterocycles. The van der Waals surface area contributed by atoms with Crippen LogP contribution in [-0.4, -0.2) is 43.3 Å². The van der Waals surface area contributed by atoms with Crippen molar-refractivity contribution in [2.45, 2.75) is 38.8 Å². The quantitative estimate of drug-likeness (QED) is 0.869. The molecule has 5 nitrogen and oxygen atoms in total. The Kier molecular flexibility index (Phi) is 5.47.